The quantitative estimate of drug-likeness (QED) is 0.600. The number of benzene rings is 2. The molecule has 0 spiro atoms. The van der Waals surface area contributed by atoms with Gasteiger partial charge in [0.2, 0.25) is 5.82 Å². The first-order valence-electron chi connectivity index (χ1n) is 9.10. The number of aromatic nitrogens is 3. The summed E-state index contributed by atoms with van der Waals surface area (Å²) in [5.74, 6) is 1.76. The Morgan fingerprint density at radius 1 is 1.11 bits per heavy atom. The fourth-order valence-corrected chi connectivity index (χ4v) is 3.71. The number of anilines is 2. The van der Waals surface area contributed by atoms with Crippen molar-refractivity contribution in [2.45, 2.75) is 38.2 Å². The van der Waals surface area contributed by atoms with Crippen LogP contribution in [0.15, 0.2) is 52.4 Å². The van der Waals surface area contributed by atoms with Gasteiger partial charge in [-0.1, -0.05) is 36.0 Å². The van der Waals surface area contributed by atoms with Crippen molar-refractivity contribution in [3.63, 3.8) is 0 Å². The first-order chi connectivity index (χ1) is 13.5. The van der Waals surface area contributed by atoms with Crippen LogP contribution >= 0.6 is 11.8 Å². The molecule has 0 aliphatic rings. The van der Waals surface area contributed by atoms with Crippen molar-refractivity contribution < 1.29 is 4.74 Å². The molecule has 0 aliphatic heterocycles. The van der Waals surface area contributed by atoms with Crippen molar-refractivity contribution >= 4 is 23.3 Å². The number of aryl methyl sites for hydroxylation is 1. The van der Waals surface area contributed by atoms with Gasteiger partial charge in [-0.3, -0.25) is 9.36 Å². The molecule has 1 heterocycles. The van der Waals surface area contributed by atoms with E-state index in [-0.39, 0.29) is 11.4 Å². The van der Waals surface area contributed by atoms with E-state index >= 15 is 0 Å². The van der Waals surface area contributed by atoms with E-state index in [1.54, 1.807) is 11.7 Å². The van der Waals surface area contributed by atoms with Crippen LogP contribution in [0, 0.1) is 13.8 Å². The van der Waals surface area contributed by atoms with E-state index in [9.17, 15) is 4.79 Å². The maximum atomic E-state index is 12.9. The number of nitrogens with zero attached hydrogens (tertiary/aromatic N) is 3. The molecule has 0 amide bonds. The van der Waals surface area contributed by atoms with Gasteiger partial charge in [-0.15, -0.1) is 10.2 Å². The number of methoxy groups -OCH3 is 1. The van der Waals surface area contributed by atoms with E-state index in [1.807, 2.05) is 63.2 Å². The highest BCUT2D eigenvalue weighted by molar-refractivity contribution is 7.98. The number of rotatable bonds is 7. The fraction of sp³-hybridized carbons (Fsp3) is 0.286. The molecule has 0 saturated heterocycles. The van der Waals surface area contributed by atoms with E-state index in [0.29, 0.717) is 17.5 Å². The maximum Gasteiger partial charge on any atom is 0.297 e. The monoisotopic (exact) mass is 396 g/mol. The number of thioether (sulfide) groups is 1. The third-order valence-corrected chi connectivity index (χ3v) is 5.65. The van der Waals surface area contributed by atoms with Crippen LogP contribution in [-0.2, 0) is 12.3 Å². The largest absolute Gasteiger partial charge is 0.497 e. The predicted octanol–water partition coefficient (Wildman–Crippen LogP) is 4.32. The highest BCUT2D eigenvalue weighted by atomic mass is 32.2. The summed E-state index contributed by atoms with van der Waals surface area (Å²) in [6.07, 6.45) is 0. The molecule has 28 heavy (non-hydrogen) atoms. The van der Waals surface area contributed by atoms with Crippen molar-refractivity contribution in [3.05, 3.63) is 69.5 Å². The van der Waals surface area contributed by atoms with Gasteiger partial charge in [-0.05, 0) is 55.7 Å². The molecule has 3 rings (SSSR count). The van der Waals surface area contributed by atoms with Crippen molar-refractivity contribution in [2.75, 3.05) is 12.4 Å². The fourth-order valence-electron chi connectivity index (χ4n) is 2.75. The minimum Gasteiger partial charge on any atom is -0.497 e. The van der Waals surface area contributed by atoms with Crippen LogP contribution in [0.4, 0.5) is 11.5 Å². The average molecular weight is 397 g/mol. The Morgan fingerprint density at radius 2 is 1.86 bits per heavy atom. The molecule has 3 aromatic rings. The molecule has 2 aromatic carbocycles. The van der Waals surface area contributed by atoms with E-state index in [4.69, 9.17) is 4.74 Å². The van der Waals surface area contributed by atoms with Crippen LogP contribution in [0.1, 0.15) is 23.6 Å². The first kappa shape index (κ1) is 19.9. The molecule has 6 nitrogen and oxygen atoms in total. The minimum atomic E-state index is -0.171. The number of hydrogen-bond donors (Lipinski definition) is 1. The van der Waals surface area contributed by atoms with Crippen LogP contribution in [0.3, 0.4) is 0 Å². The van der Waals surface area contributed by atoms with Crippen LogP contribution < -0.4 is 15.6 Å². The molecule has 146 valence electrons. The molecule has 1 aromatic heterocycles. The molecule has 0 saturated carbocycles. The molecule has 0 atom stereocenters. The van der Waals surface area contributed by atoms with Crippen molar-refractivity contribution in [1.29, 1.82) is 0 Å². The summed E-state index contributed by atoms with van der Waals surface area (Å²) in [5, 5.41) is 12.2. The molecule has 0 bridgehead atoms. The van der Waals surface area contributed by atoms with Gasteiger partial charge in [0.1, 0.15) is 5.75 Å². The van der Waals surface area contributed by atoms with Crippen molar-refractivity contribution in [1.82, 2.24) is 14.8 Å². The van der Waals surface area contributed by atoms with Gasteiger partial charge in [-0.25, -0.2) is 0 Å². The molecule has 1 N–H and O–H groups in total. The smallest absolute Gasteiger partial charge is 0.297 e. The second kappa shape index (κ2) is 8.93. The van der Waals surface area contributed by atoms with Gasteiger partial charge < -0.3 is 10.1 Å². The van der Waals surface area contributed by atoms with Crippen LogP contribution in [-0.4, -0.2) is 21.9 Å². The SMILES string of the molecule is CCn1c(SCc2ccc(OC)cc2)nnc(Nc2cccc(C)c2C)c1=O. The third-order valence-electron chi connectivity index (χ3n) is 4.62. The lowest BCUT2D eigenvalue weighted by Gasteiger charge is -2.13. The first-order valence-corrected chi connectivity index (χ1v) is 10.1. The topological polar surface area (TPSA) is 69.0 Å². The van der Waals surface area contributed by atoms with E-state index in [2.05, 4.69) is 15.5 Å². The molecule has 7 heteroatoms. The summed E-state index contributed by atoms with van der Waals surface area (Å²) in [7, 11) is 1.65. The average Bonchev–Trinajstić information content (AvgIpc) is 2.71. The molecule has 0 aliphatic carbocycles. The number of hydrogen-bond acceptors (Lipinski definition) is 6. The zero-order valence-electron chi connectivity index (χ0n) is 16.5. The molecular weight excluding hydrogens is 372 g/mol. The highest BCUT2D eigenvalue weighted by Gasteiger charge is 2.13. The zero-order chi connectivity index (χ0) is 20.1. The lowest BCUT2D eigenvalue weighted by Crippen LogP contribution is -2.26. The summed E-state index contributed by atoms with van der Waals surface area (Å²) in [6.45, 7) is 6.51. The van der Waals surface area contributed by atoms with Gasteiger partial charge in [0.25, 0.3) is 5.56 Å². The molecule has 0 unspecified atom stereocenters. The molecular formula is C21H24N4O2S. The summed E-state index contributed by atoms with van der Waals surface area (Å²) >= 11 is 1.49. The number of nitrogens with one attached hydrogen (secondary N) is 1. The number of ether oxygens (including phenoxy) is 1. The lowest BCUT2D eigenvalue weighted by atomic mass is 10.1. The Kier molecular flexibility index (Phi) is 6.36. The second-order valence-electron chi connectivity index (χ2n) is 6.39. The zero-order valence-corrected chi connectivity index (χ0v) is 17.3. The van der Waals surface area contributed by atoms with Crippen molar-refractivity contribution in [2.24, 2.45) is 0 Å². The minimum absolute atomic E-state index is 0.171. The van der Waals surface area contributed by atoms with E-state index in [1.165, 1.54) is 11.8 Å². The Labute approximate surface area is 169 Å². The van der Waals surface area contributed by atoms with Gasteiger partial charge in [0.15, 0.2) is 5.16 Å². The molecule has 0 radical (unpaired) electrons. The Morgan fingerprint density at radius 3 is 2.54 bits per heavy atom. The lowest BCUT2D eigenvalue weighted by molar-refractivity contribution is 0.414. The Balaban J connectivity index is 1.81. The van der Waals surface area contributed by atoms with Gasteiger partial charge in [-0.2, -0.15) is 0 Å². The van der Waals surface area contributed by atoms with Crippen molar-refractivity contribution in [3.8, 4) is 5.75 Å². The van der Waals surface area contributed by atoms with Crippen LogP contribution in [0.2, 0.25) is 0 Å². The van der Waals surface area contributed by atoms with Gasteiger partial charge in [0, 0.05) is 18.0 Å². The second-order valence-corrected chi connectivity index (χ2v) is 7.33. The predicted molar refractivity (Wildman–Crippen MR) is 114 cm³/mol. The Hall–Kier alpha value is -2.80. The highest BCUT2D eigenvalue weighted by Crippen LogP contribution is 2.23. The van der Waals surface area contributed by atoms with Gasteiger partial charge in [0.05, 0.1) is 7.11 Å². The standard InChI is InChI=1S/C21H24N4O2S/c1-5-25-20(26)19(22-18-8-6-7-14(2)15(18)3)23-24-21(25)28-13-16-9-11-17(27-4)12-10-16/h6-12H,5,13H2,1-4H3,(H,22,23). The summed E-state index contributed by atoms with van der Waals surface area (Å²) in [5.41, 5.74) is 4.06. The summed E-state index contributed by atoms with van der Waals surface area (Å²) < 4.78 is 6.83. The maximum absolute atomic E-state index is 12.9. The van der Waals surface area contributed by atoms with Crippen LogP contribution in [0.25, 0.3) is 0 Å². The third kappa shape index (κ3) is 4.36. The summed E-state index contributed by atoms with van der Waals surface area (Å²) in [6, 6.07) is 13.8. The Bertz CT molecular complexity index is 1020. The normalized spacial score (nSPS) is 10.7. The summed E-state index contributed by atoms with van der Waals surface area (Å²) in [4.78, 5) is 12.9. The van der Waals surface area contributed by atoms with Gasteiger partial charge >= 0.3 is 0 Å². The van der Waals surface area contributed by atoms with E-state index < -0.39 is 0 Å². The van der Waals surface area contributed by atoms with Crippen LogP contribution in [0.5, 0.6) is 5.75 Å². The van der Waals surface area contributed by atoms with E-state index in [0.717, 1.165) is 28.1 Å². The molecule has 0 fully saturated rings.